The summed E-state index contributed by atoms with van der Waals surface area (Å²) >= 11 is 0. The van der Waals surface area contributed by atoms with Crippen LogP contribution < -0.4 is 5.32 Å². The second kappa shape index (κ2) is 10.5. The second-order valence-corrected chi connectivity index (χ2v) is 5.89. The smallest absolute Gasteiger partial charge is 0.0429 e. The van der Waals surface area contributed by atoms with Crippen LogP contribution in [0.4, 0.5) is 5.69 Å². The van der Waals surface area contributed by atoms with E-state index in [1.165, 1.54) is 16.7 Å². The van der Waals surface area contributed by atoms with E-state index in [-0.39, 0.29) is 0 Å². The molecule has 1 rings (SSSR count). The van der Waals surface area contributed by atoms with Gasteiger partial charge in [-0.1, -0.05) is 49.4 Å². The molecule has 0 atom stereocenters. The molecule has 0 heterocycles. The van der Waals surface area contributed by atoms with E-state index < -0.39 is 0 Å². The first-order valence-electron chi connectivity index (χ1n) is 8.77. The highest BCUT2D eigenvalue weighted by Crippen LogP contribution is 2.25. The molecule has 130 valence electrons. The van der Waals surface area contributed by atoms with Gasteiger partial charge in [-0.2, -0.15) is 0 Å². The van der Waals surface area contributed by atoms with Crippen molar-refractivity contribution in [2.45, 2.75) is 40.7 Å². The second-order valence-electron chi connectivity index (χ2n) is 5.89. The van der Waals surface area contributed by atoms with Crippen LogP contribution in [0.15, 0.2) is 60.9 Å². The van der Waals surface area contributed by atoms with Crippen LogP contribution in [0.1, 0.15) is 45.2 Å². The van der Waals surface area contributed by atoms with Crippen LogP contribution >= 0.6 is 0 Å². The van der Waals surface area contributed by atoms with Crippen LogP contribution in [0.2, 0.25) is 0 Å². The summed E-state index contributed by atoms with van der Waals surface area (Å²) in [4.78, 5) is 2.33. The molecule has 0 bridgehead atoms. The Morgan fingerprint density at radius 3 is 2.62 bits per heavy atom. The number of hydrogen-bond acceptors (Lipinski definition) is 2. The summed E-state index contributed by atoms with van der Waals surface area (Å²) < 4.78 is 0. The van der Waals surface area contributed by atoms with E-state index in [0.29, 0.717) is 0 Å². The molecule has 1 aromatic carbocycles. The zero-order chi connectivity index (χ0) is 17.9. The number of nitrogens with one attached hydrogen (secondary N) is 1. The van der Waals surface area contributed by atoms with E-state index in [1.807, 2.05) is 14.0 Å². The predicted molar refractivity (Wildman–Crippen MR) is 109 cm³/mol. The van der Waals surface area contributed by atoms with Gasteiger partial charge >= 0.3 is 0 Å². The van der Waals surface area contributed by atoms with Gasteiger partial charge in [-0.25, -0.2) is 0 Å². The first-order chi connectivity index (χ1) is 11.5. The molecule has 0 aliphatic rings. The maximum atomic E-state index is 4.30. The zero-order valence-electron chi connectivity index (χ0n) is 15.9. The zero-order valence-corrected chi connectivity index (χ0v) is 15.9. The molecule has 0 aromatic heterocycles. The molecule has 0 saturated heterocycles. The number of rotatable bonds is 9. The van der Waals surface area contributed by atoms with Gasteiger partial charge in [0.25, 0.3) is 0 Å². The van der Waals surface area contributed by atoms with Gasteiger partial charge in [-0.3, -0.25) is 0 Å². The molecule has 1 N–H and O–H groups in total. The Labute approximate surface area is 148 Å². The maximum Gasteiger partial charge on any atom is 0.0429 e. The molecule has 0 saturated carbocycles. The quantitative estimate of drug-likeness (QED) is 0.560. The van der Waals surface area contributed by atoms with Crippen LogP contribution in [0.25, 0.3) is 5.57 Å². The number of hydrogen-bond donors (Lipinski definition) is 1. The minimum absolute atomic E-state index is 0.891. The Bertz CT molecular complexity index is 621. The van der Waals surface area contributed by atoms with Crippen molar-refractivity contribution < 1.29 is 0 Å². The lowest BCUT2D eigenvalue weighted by atomic mass is 9.97. The van der Waals surface area contributed by atoms with E-state index in [0.717, 1.165) is 30.8 Å². The molecular formula is C22H32N2. The molecular weight excluding hydrogens is 292 g/mol. The van der Waals surface area contributed by atoms with Crippen LogP contribution in [-0.4, -0.2) is 18.5 Å². The predicted octanol–water partition coefficient (Wildman–Crippen LogP) is 6.01. The molecule has 0 unspecified atom stereocenters. The lowest BCUT2D eigenvalue weighted by Crippen LogP contribution is -2.17. The Morgan fingerprint density at radius 1 is 1.29 bits per heavy atom. The van der Waals surface area contributed by atoms with Crippen molar-refractivity contribution in [1.29, 1.82) is 0 Å². The summed E-state index contributed by atoms with van der Waals surface area (Å²) in [6, 6.07) is 6.52. The summed E-state index contributed by atoms with van der Waals surface area (Å²) in [6.07, 6.45) is 11.8. The maximum absolute atomic E-state index is 4.30. The van der Waals surface area contributed by atoms with Gasteiger partial charge in [-0.05, 0) is 62.2 Å². The average molecular weight is 325 g/mol. The Hall–Kier alpha value is -2.22. The summed E-state index contributed by atoms with van der Waals surface area (Å²) in [6.45, 7) is 14.7. The monoisotopic (exact) mass is 324 g/mol. The minimum atomic E-state index is 0.891. The number of allylic oxidation sites excluding steroid dienone is 6. The molecule has 0 aliphatic heterocycles. The van der Waals surface area contributed by atoms with Gasteiger partial charge in [-0.15, -0.1) is 0 Å². The third-order valence-electron chi connectivity index (χ3n) is 3.91. The number of nitrogens with zero attached hydrogens (tertiary/aromatic N) is 1. The van der Waals surface area contributed by atoms with E-state index in [2.05, 4.69) is 86.3 Å². The molecule has 24 heavy (non-hydrogen) atoms. The Kier molecular flexibility index (Phi) is 8.70. The van der Waals surface area contributed by atoms with Crippen molar-refractivity contribution >= 4 is 11.3 Å². The summed E-state index contributed by atoms with van der Waals surface area (Å²) in [7, 11) is 1.95. The van der Waals surface area contributed by atoms with Crippen molar-refractivity contribution in [3.8, 4) is 0 Å². The Morgan fingerprint density at radius 2 is 2.04 bits per heavy atom. The topological polar surface area (TPSA) is 15.3 Å². The van der Waals surface area contributed by atoms with Gasteiger partial charge in [0.1, 0.15) is 0 Å². The molecule has 2 heteroatoms. The molecule has 0 aliphatic carbocycles. The summed E-state index contributed by atoms with van der Waals surface area (Å²) in [5.74, 6) is 0. The van der Waals surface area contributed by atoms with Gasteiger partial charge in [0, 0.05) is 25.8 Å². The molecule has 0 fully saturated rings. The fourth-order valence-corrected chi connectivity index (χ4v) is 2.58. The van der Waals surface area contributed by atoms with Crippen molar-refractivity contribution in [2.24, 2.45) is 0 Å². The highest BCUT2D eigenvalue weighted by Gasteiger charge is 2.08. The van der Waals surface area contributed by atoms with E-state index in [4.69, 9.17) is 0 Å². The fourth-order valence-electron chi connectivity index (χ4n) is 2.58. The Balaban J connectivity index is 3.18. The van der Waals surface area contributed by atoms with E-state index >= 15 is 0 Å². The molecule has 2 nitrogen and oxygen atoms in total. The van der Waals surface area contributed by atoms with Gasteiger partial charge < -0.3 is 10.2 Å². The van der Waals surface area contributed by atoms with Gasteiger partial charge in [0.2, 0.25) is 0 Å². The van der Waals surface area contributed by atoms with Gasteiger partial charge in [0.15, 0.2) is 0 Å². The minimum Gasteiger partial charge on any atom is -0.388 e. The van der Waals surface area contributed by atoms with Crippen molar-refractivity contribution in [2.75, 3.05) is 18.9 Å². The first kappa shape index (κ1) is 19.8. The molecule has 0 spiro atoms. The van der Waals surface area contributed by atoms with E-state index in [9.17, 15) is 0 Å². The fraction of sp³-hybridized carbons (Fsp3) is 0.364. The van der Waals surface area contributed by atoms with Crippen molar-refractivity contribution in [3.05, 3.63) is 72.0 Å². The summed E-state index contributed by atoms with van der Waals surface area (Å²) in [5, 5.41) is 3.23. The number of anilines is 1. The van der Waals surface area contributed by atoms with Crippen LogP contribution in [0.5, 0.6) is 0 Å². The lowest BCUT2D eigenvalue weighted by molar-refractivity contribution is 0.388. The van der Waals surface area contributed by atoms with Crippen LogP contribution in [-0.2, 0) is 6.54 Å². The van der Waals surface area contributed by atoms with Crippen LogP contribution in [0.3, 0.4) is 0 Å². The molecule has 0 amide bonds. The third kappa shape index (κ3) is 6.11. The van der Waals surface area contributed by atoms with Crippen LogP contribution in [0, 0.1) is 0 Å². The SMILES string of the molecule is C=C(/C=C(C)\C=C/C)c1cc(NC)ccc1CN(C=CCC)CC. The molecule has 0 radical (unpaired) electrons. The number of benzene rings is 1. The molecule has 1 aromatic rings. The third-order valence-corrected chi connectivity index (χ3v) is 3.91. The average Bonchev–Trinajstić information content (AvgIpc) is 2.58. The highest BCUT2D eigenvalue weighted by molar-refractivity contribution is 5.77. The lowest BCUT2D eigenvalue weighted by Gasteiger charge is -2.21. The largest absolute Gasteiger partial charge is 0.388 e. The summed E-state index contributed by atoms with van der Waals surface area (Å²) in [5.41, 5.74) is 5.87. The van der Waals surface area contributed by atoms with Crippen molar-refractivity contribution in [1.82, 2.24) is 4.90 Å². The highest BCUT2D eigenvalue weighted by atomic mass is 15.1. The van der Waals surface area contributed by atoms with E-state index in [1.54, 1.807) is 0 Å². The standard InChI is InChI=1S/C22H32N2/c1-7-10-14-24(9-3)17-20-12-13-21(23-6)16-22(20)19(5)15-18(4)11-8-2/h8,10-16,23H,5,7,9,17H2,1-4,6H3/b11-8-,14-10?,18-15-. The van der Waals surface area contributed by atoms with Crippen molar-refractivity contribution in [3.63, 3.8) is 0 Å². The first-order valence-corrected chi connectivity index (χ1v) is 8.77. The van der Waals surface area contributed by atoms with Gasteiger partial charge in [0.05, 0.1) is 0 Å². The normalized spacial score (nSPS) is 12.1.